The van der Waals surface area contributed by atoms with Crippen LogP contribution in [0.25, 0.3) is 0 Å². The highest BCUT2D eigenvalue weighted by molar-refractivity contribution is 5.96. The first-order valence-corrected chi connectivity index (χ1v) is 10.8. The summed E-state index contributed by atoms with van der Waals surface area (Å²) in [6.07, 6.45) is 2.32. The second kappa shape index (κ2) is 11.4. The maximum atomic E-state index is 12.4. The van der Waals surface area contributed by atoms with Crippen molar-refractivity contribution in [1.82, 2.24) is 15.5 Å². The number of nitrogens with zero attached hydrogens (tertiary/aromatic N) is 1. The zero-order valence-electron chi connectivity index (χ0n) is 18.2. The van der Waals surface area contributed by atoms with Crippen LogP contribution in [0.4, 0.5) is 0 Å². The number of rotatable bonds is 10. The molecular weight excluding hydrogens is 394 g/mol. The molecular formula is C24H31N3O4. The third kappa shape index (κ3) is 6.46. The number of carbonyl (C=O) groups is 2. The first-order chi connectivity index (χ1) is 15.1. The molecule has 1 aliphatic heterocycles. The van der Waals surface area contributed by atoms with E-state index < -0.39 is 0 Å². The van der Waals surface area contributed by atoms with Crippen molar-refractivity contribution in [2.45, 2.75) is 25.8 Å². The first kappa shape index (κ1) is 22.6. The molecule has 0 spiro atoms. The summed E-state index contributed by atoms with van der Waals surface area (Å²) in [5.74, 6) is 1.01. The molecule has 1 heterocycles. The molecule has 0 radical (unpaired) electrons. The SMILES string of the molecule is CCOc1ccc(C(=O)NCC(=O)NCC(c2cccc(OC)c2)N2CCCC2)cc1. The number of methoxy groups -OCH3 is 1. The number of nitrogens with one attached hydrogen (secondary N) is 2. The minimum Gasteiger partial charge on any atom is -0.497 e. The Hall–Kier alpha value is -3.06. The van der Waals surface area contributed by atoms with E-state index in [0.717, 1.165) is 37.2 Å². The van der Waals surface area contributed by atoms with Crippen LogP contribution in [0.15, 0.2) is 48.5 Å². The molecule has 1 atom stereocenters. The number of ether oxygens (including phenoxy) is 2. The summed E-state index contributed by atoms with van der Waals surface area (Å²) in [4.78, 5) is 27.1. The Balaban J connectivity index is 1.53. The van der Waals surface area contributed by atoms with Gasteiger partial charge >= 0.3 is 0 Å². The Labute approximate surface area is 183 Å². The van der Waals surface area contributed by atoms with E-state index in [1.165, 1.54) is 0 Å². The second-order valence-corrected chi connectivity index (χ2v) is 7.48. The van der Waals surface area contributed by atoms with Crippen LogP contribution in [0.5, 0.6) is 11.5 Å². The van der Waals surface area contributed by atoms with E-state index in [1.807, 2.05) is 25.1 Å². The molecule has 166 valence electrons. The lowest BCUT2D eigenvalue weighted by Crippen LogP contribution is -2.41. The van der Waals surface area contributed by atoms with Gasteiger partial charge in [-0.05, 0) is 74.8 Å². The highest BCUT2D eigenvalue weighted by Crippen LogP contribution is 2.27. The van der Waals surface area contributed by atoms with Crippen LogP contribution in [0.3, 0.4) is 0 Å². The molecule has 2 N–H and O–H groups in total. The summed E-state index contributed by atoms with van der Waals surface area (Å²) in [6.45, 7) is 4.89. The standard InChI is InChI=1S/C24H31N3O4/c1-3-31-20-11-9-18(10-12-20)24(29)26-17-23(28)25-16-22(27-13-4-5-14-27)19-7-6-8-21(15-19)30-2/h6-12,15,22H,3-5,13-14,16-17H2,1-2H3,(H,25,28)(H,26,29). The number of amides is 2. The largest absolute Gasteiger partial charge is 0.497 e. The predicted molar refractivity (Wildman–Crippen MR) is 119 cm³/mol. The fraction of sp³-hybridized carbons (Fsp3) is 0.417. The monoisotopic (exact) mass is 425 g/mol. The van der Waals surface area contributed by atoms with Crippen molar-refractivity contribution in [3.05, 3.63) is 59.7 Å². The second-order valence-electron chi connectivity index (χ2n) is 7.48. The summed E-state index contributed by atoms with van der Waals surface area (Å²) in [6, 6.07) is 14.9. The van der Waals surface area contributed by atoms with Gasteiger partial charge in [-0.3, -0.25) is 14.5 Å². The Kier molecular flexibility index (Phi) is 8.29. The van der Waals surface area contributed by atoms with Gasteiger partial charge in [0.2, 0.25) is 5.91 Å². The van der Waals surface area contributed by atoms with E-state index in [2.05, 4.69) is 21.6 Å². The van der Waals surface area contributed by atoms with Crippen molar-refractivity contribution in [3.63, 3.8) is 0 Å². The van der Waals surface area contributed by atoms with E-state index in [9.17, 15) is 9.59 Å². The Morgan fingerprint density at radius 1 is 1.03 bits per heavy atom. The van der Waals surface area contributed by atoms with E-state index in [0.29, 0.717) is 24.5 Å². The van der Waals surface area contributed by atoms with Gasteiger partial charge in [0, 0.05) is 12.1 Å². The molecule has 2 aromatic carbocycles. The van der Waals surface area contributed by atoms with Gasteiger partial charge in [-0.1, -0.05) is 12.1 Å². The Morgan fingerprint density at radius 3 is 2.45 bits per heavy atom. The predicted octanol–water partition coefficient (Wildman–Crippen LogP) is 2.78. The Morgan fingerprint density at radius 2 is 1.77 bits per heavy atom. The van der Waals surface area contributed by atoms with Crippen molar-refractivity contribution in [1.29, 1.82) is 0 Å². The number of likely N-dealkylation sites (tertiary alicyclic amines) is 1. The van der Waals surface area contributed by atoms with Crippen molar-refractivity contribution in [3.8, 4) is 11.5 Å². The van der Waals surface area contributed by atoms with Crippen LogP contribution in [0.1, 0.15) is 41.7 Å². The number of carbonyl (C=O) groups excluding carboxylic acids is 2. The van der Waals surface area contributed by atoms with E-state index >= 15 is 0 Å². The minimum atomic E-state index is -0.290. The lowest BCUT2D eigenvalue weighted by atomic mass is 10.0. The molecule has 3 rings (SSSR count). The molecule has 0 bridgehead atoms. The summed E-state index contributed by atoms with van der Waals surface area (Å²) in [5.41, 5.74) is 1.60. The summed E-state index contributed by atoms with van der Waals surface area (Å²) < 4.78 is 10.7. The van der Waals surface area contributed by atoms with Gasteiger partial charge in [-0.25, -0.2) is 0 Å². The highest BCUT2D eigenvalue weighted by atomic mass is 16.5. The fourth-order valence-electron chi connectivity index (χ4n) is 3.76. The van der Waals surface area contributed by atoms with Crippen LogP contribution in [0.2, 0.25) is 0 Å². The number of hydrogen-bond acceptors (Lipinski definition) is 5. The maximum absolute atomic E-state index is 12.4. The fourth-order valence-corrected chi connectivity index (χ4v) is 3.76. The van der Waals surface area contributed by atoms with Gasteiger partial charge < -0.3 is 20.1 Å². The first-order valence-electron chi connectivity index (χ1n) is 10.8. The quantitative estimate of drug-likeness (QED) is 0.612. The van der Waals surface area contributed by atoms with Gasteiger partial charge in [0.25, 0.3) is 5.91 Å². The molecule has 31 heavy (non-hydrogen) atoms. The summed E-state index contributed by atoms with van der Waals surface area (Å²) >= 11 is 0. The minimum absolute atomic E-state index is 0.0725. The average Bonchev–Trinajstić information content (AvgIpc) is 3.33. The van der Waals surface area contributed by atoms with Crippen LogP contribution in [0, 0.1) is 0 Å². The van der Waals surface area contributed by atoms with E-state index in [4.69, 9.17) is 9.47 Å². The van der Waals surface area contributed by atoms with Crippen molar-refractivity contribution in [2.75, 3.05) is 39.9 Å². The third-order valence-corrected chi connectivity index (χ3v) is 5.39. The molecule has 1 aliphatic rings. The molecule has 1 fully saturated rings. The molecule has 1 saturated heterocycles. The average molecular weight is 426 g/mol. The smallest absolute Gasteiger partial charge is 0.251 e. The third-order valence-electron chi connectivity index (χ3n) is 5.39. The van der Waals surface area contributed by atoms with Crippen LogP contribution >= 0.6 is 0 Å². The van der Waals surface area contributed by atoms with Gasteiger partial charge in [0.05, 0.1) is 26.3 Å². The van der Waals surface area contributed by atoms with Gasteiger partial charge in [0.1, 0.15) is 11.5 Å². The van der Waals surface area contributed by atoms with Crippen molar-refractivity contribution in [2.24, 2.45) is 0 Å². The molecule has 7 nitrogen and oxygen atoms in total. The van der Waals surface area contributed by atoms with E-state index in [-0.39, 0.29) is 24.4 Å². The lowest BCUT2D eigenvalue weighted by Gasteiger charge is -2.28. The molecule has 2 amide bonds. The zero-order valence-corrected chi connectivity index (χ0v) is 18.2. The Bertz CT molecular complexity index is 863. The summed E-state index contributed by atoms with van der Waals surface area (Å²) in [7, 11) is 1.65. The molecule has 0 saturated carbocycles. The summed E-state index contributed by atoms with van der Waals surface area (Å²) in [5, 5.41) is 5.65. The molecule has 1 unspecified atom stereocenters. The normalized spacial score (nSPS) is 14.6. The number of hydrogen-bond donors (Lipinski definition) is 2. The van der Waals surface area contributed by atoms with Crippen molar-refractivity contribution < 1.29 is 19.1 Å². The van der Waals surface area contributed by atoms with Gasteiger partial charge in [-0.2, -0.15) is 0 Å². The molecule has 0 aliphatic carbocycles. The lowest BCUT2D eigenvalue weighted by molar-refractivity contribution is -0.120. The van der Waals surface area contributed by atoms with Crippen LogP contribution < -0.4 is 20.1 Å². The van der Waals surface area contributed by atoms with Crippen molar-refractivity contribution >= 4 is 11.8 Å². The molecule has 2 aromatic rings. The molecule has 7 heteroatoms. The maximum Gasteiger partial charge on any atom is 0.251 e. The zero-order chi connectivity index (χ0) is 22.1. The molecule has 0 aromatic heterocycles. The van der Waals surface area contributed by atoms with Crippen LogP contribution in [-0.2, 0) is 4.79 Å². The van der Waals surface area contributed by atoms with Gasteiger partial charge in [-0.15, -0.1) is 0 Å². The van der Waals surface area contributed by atoms with Gasteiger partial charge in [0.15, 0.2) is 0 Å². The highest BCUT2D eigenvalue weighted by Gasteiger charge is 2.24. The number of benzene rings is 2. The van der Waals surface area contributed by atoms with E-state index in [1.54, 1.807) is 31.4 Å². The van der Waals surface area contributed by atoms with Crippen LogP contribution in [-0.4, -0.2) is 56.6 Å². The topological polar surface area (TPSA) is 79.9 Å².